The molecular weight excluding hydrogens is 290 g/mol. The molecule has 0 aliphatic heterocycles. The number of sulfonamides is 1. The van der Waals surface area contributed by atoms with Gasteiger partial charge in [-0.25, -0.2) is 8.42 Å². The summed E-state index contributed by atoms with van der Waals surface area (Å²) in [7, 11) is -2.32. The van der Waals surface area contributed by atoms with Crippen molar-refractivity contribution in [2.45, 2.75) is 32.1 Å². The number of nitrogens with zero attached hydrogens (tertiary/aromatic N) is 1. The highest BCUT2D eigenvalue weighted by Gasteiger charge is 2.26. The van der Waals surface area contributed by atoms with Crippen molar-refractivity contribution < 1.29 is 13.2 Å². The summed E-state index contributed by atoms with van der Waals surface area (Å²) < 4.78 is 26.3. The van der Waals surface area contributed by atoms with E-state index in [2.05, 4.69) is 5.32 Å². The van der Waals surface area contributed by atoms with E-state index in [1.54, 1.807) is 26.0 Å². The number of anilines is 1. The molecule has 0 radical (unpaired) electrons. The number of carbonyl (C=O) groups is 1. The molecule has 3 N–H and O–H groups in total. The van der Waals surface area contributed by atoms with E-state index in [0.29, 0.717) is 23.4 Å². The molecule has 6 nitrogen and oxygen atoms in total. The van der Waals surface area contributed by atoms with Crippen LogP contribution < -0.4 is 11.1 Å². The van der Waals surface area contributed by atoms with E-state index in [4.69, 9.17) is 5.73 Å². The molecule has 0 aromatic heterocycles. The summed E-state index contributed by atoms with van der Waals surface area (Å²) >= 11 is 0. The molecule has 0 spiro atoms. The lowest BCUT2D eigenvalue weighted by Crippen LogP contribution is -2.39. The molecule has 0 aliphatic rings. The summed E-state index contributed by atoms with van der Waals surface area (Å²) in [6.45, 7) is 5.66. The zero-order chi connectivity index (χ0) is 16.2. The van der Waals surface area contributed by atoms with Gasteiger partial charge in [0.15, 0.2) is 0 Å². The van der Waals surface area contributed by atoms with E-state index in [1.165, 1.54) is 7.05 Å². The second-order valence-electron chi connectivity index (χ2n) is 5.09. The Morgan fingerprint density at radius 1 is 1.29 bits per heavy atom. The Labute approximate surface area is 126 Å². The zero-order valence-corrected chi connectivity index (χ0v) is 13.8. The molecule has 0 fully saturated rings. The van der Waals surface area contributed by atoms with Crippen LogP contribution >= 0.6 is 0 Å². The number of amides is 1. The first kappa shape index (κ1) is 17.5. The van der Waals surface area contributed by atoms with Crippen LogP contribution in [0.5, 0.6) is 0 Å². The second kappa shape index (κ2) is 6.91. The van der Waals surface area contributed by atoms with Gasteiger partial charge in [0.25, 0.3) is 0 Å². The van der Waals surface area contributed by atoms with Crippen LogP contribution in [-0.2, 0) is 14.8 Å². The van der Waals surface area contributed by atoms with E-state index in [1.807, 2.05) is 6.92 Å². The van der Waals surface area contributed by atoms with Crippen molar-refractivity contribution in [3.63, 3.8) is 0 Å². The largest absolute Gasteiger partial charge is 0.399 e. The van der Waals surface area contributed by atoms with Gasteiger partial charge in [-0.1, -0.05) is 6.92 Å². The van der Waals surface area contributed by atoms with Crippen LogP contribution in [0.15, 0.2) is 17.0 Å². The minimum atomic E-state index is -3.72. The first-order chi connectivity index (χ1) is 9.70. The van der Waals surface area contributed by atoms with Crippen molar-refractivity contribution in [1.82, 2.24) is 9.62 Å². The zero-order valence-electron chi connectivity index (χ0n) is 12.9. The Balaban J connectivity index is 3.03. The third-order valence-corrected chi connectivity index (χ3v) is 5.20. The molecule has 0 saturated heterocycles. The quantitative estimate of drug-likeness (QED) is 0.767. The van der Waals surface area contributed by atoms with Crippen LogP contribution in [-0.4, -0.2) is 38.8 Å². The van der Waals surface area contributed by atoms with Crippen LogP contribution in [0.3, 0.4) is 0 Å². The summed E-state index contributed by atoms with van der Waals surface area (Å²) in [5.41, 5.74) is 7.39. The van der Waals surface area contributed by atoms with Gasteiger partial charge in [-0.05, 0) is 43.5 Å². The molecule has 0 unspecified atom stereocenters. The van der Waals surface area contributed by atoms with E-state index < -0.39 is 10.0 Å². The molecule has 1 aromatic rings. The highest BCUT2D eigenvalue weighted by atomic mass is 32.2. The smallest absolute Gasteiger partial charge is 0.243 e. The van der Waals surface area contributed by atoms with Gasteiger partial charge >= 0.3 is 0 Å². The van der Waals surface area contributed by atoms with Crippen LogP contribution in [0.25, 0.3) is 0 Å². The Morgan fingerprint density at radius 3 is 2.29 bits per heavy atom. The van der Waals surface area contributed by atoms with Crippen molar-refractivity contribution in [3.05, 3.63) is 23.3 Å². The van der Waals surface area contributed by atoms with Gasteiger partial charge in [0.2, 0.25) is 15.9 Å². The minimum absolute atomic E-state index is 0.203. The van der Waals surface area contributed by atoms with Crippen molar-refractivity contribution >= 4 is 21.6 Å². The monoisotopic (exact) mass is 313 g/mol. The Bertz CT molecular complexity index is 603. The predicted molar refractivity (Wildman–Crippen MR) is 83.4 cm³/mol. The number of hydrogen-bond acceptors (Lipinski definition) is 4. The second-order valence-corrected chi connectivity index (χ2v) is 7.08. The summed E-state index contributed by atoms with van der Waals surface area (Å²) in [6, 6.07) is 3.23. The lowest BCUT2D eigenvalue weighted by molar-refractivity contribution is -0.121. The van der Waals surface area contributed by atoms with Gasteiger partial charge in [-0.15, -0.1) is 0 Å². The molecule has 0 saturated carbocycles. The lowest BCUT2D eigenvalue weighted by atomic mass is 10.1. The number of hydrogen-bond donors (Lipinski definition) is 2. The average molecular weight is 313 g/mol. The van der Waals surface area contributed by atoms with Gasteiger partial charge in [0, 0.05) is 19.3 Å². The Morgan fingerprint density at radius 2 is 1.81 bits per heavy atom. The first-order valence-electron chi connectivity index (χ1n) is 6.80. The normalized spacial score (nSPS) is 11.7. The summed E-state index contributed by atoms with van der Waals surface area (Å²) in [5, 5.41) is 2.66. The number of aryl methyl sites for hydroxylation is 2. The van der Waals surface area contributed by atoms with Crippen molar-refractivity contribution in [1.29, 1.82) is 0 Å². The molecule has 118 valence electrons. The molecule has 1 rings (SSSR count). The maximum Gasteiger partial charge on any atom is 0.243 e. The molecule has 1 aromatic carbocycles. The maximum atomic E-state index is 12.6. The third kappa shape index (κ3) is 4.18. The molecule has 0 aliphatic carbocycles. The fourth-order valence-electron chi connectivity index (χ4n) is 2.15. The molecule has 1 amide bonds. The number of likely N-dealkylation sites (N-methyl/N-ethyl adjacent to an activating group) is 1. The summed E-state index contributed by atoms with van der Waals surface area (Å²) in [4.78, 5) is 11.9. The van der Waals surface area contributed by atoms with Gasteiger partial charge in [-0.3, -0.25) is 4.79 Å². The lowest BCUT2D eigenvalue weighted by Gasteiger charge is -2.20. The molecule has 7 heteroatoms. The fraction of sp³-hybridized carbons (Fsp3) is 0.500. The summed E-state index contributed by atoms with van der Waals surface area (Å²) in [6.07, 6.45) is 0.804. The molecule has 21 heavy (non-hydrogen) atoms. The van der Waals surface area contributed by atoms with Crippen molar-refractivity contribution in [2.24, 2.45) is 0 Å². The topological polar surface area (TPSA) is 92.5 Å². The Hall–Kier alpha value is -1.60. The number of nitrogens with two attached hydrogens (primary N) is 1. The van der Waals surface area contributed by atoms with Gasteiger partial charge < -0.3 is 11.1 Å². The minimum Gasteiger partial charge on any atom is -0.399 e. The van der Waals surface area contributed by atoms with Crippen LogP contribution in [0.4, 0.5) is 5.69 Å². The number of benzene rings is 1. The van der Waals surface area contributed by atoms with Crippen LogP contribution in [0.1, 0.15) is 24.5 Å². The Kier molecular flexibility index (Phi) is 5.74. The fourth-order valence-corrected chi connectivity index (χ4v) is 3.68. The van der Waals surface area contributed by atoms with Crippen molar-refractivity contribution in [2.75, 3.05) is 25.9 Å². The number of nitrogens with one attached hydrogen (secondary N) is 1. The van der Waals surface area contributed by atoms with Gasteiger partial charge in [0.05, 0.1) is 11.4 Å². The van der Waals surface area contributed by atoms with E-state index in [0.717, 1.165) is 10.7 Å². The highest BCUT2D eigenvalue weighted by molar-refractivity contribution is 7.89. The molecule has 0 heterocycles. The first-order valence-corrected chi connectivity index (χ1v) is 8.24. The standard InChI is InChI=1S/C14H23N3O3S/c1-5-6-16-13(18)9-17(4)21(19,20)14-10(2)7-12(15)8-11(14)3/h7-8H,5-6,9,15H2,1-4H3,(H,16,18). The SMILES string of the molecule is CCCNC(=O)CN(C)S(=O)(=O)c1c(C)cc(N)cc1C. The molecule has 0 bridgehead atoms. The third-order valence-electron chi connectivity index (χ3n) is 3.09. The van der Waals surface area contributed by atoms with E-state index >= 15 is 0 Å². The van der Waals surface area contributed by atoms with Gasteiger partial charge in [-0.2, -0.15) is 4.31 Å². The highest BCUT2D eigenvalue weighted by Crippen LogP contribution is 2.25. The average Bonchev–Trinajstić information content (AvgIpc) is 2.34. The maximum absolute atomic E-state index is 12.6. The predicted octanol–water partition coefficient (Wildman–Crippen LogP) is 1.03. The number of carbonyl (C=O) groups excluding carboxylic acids is 1. The van der Waals surface area contributed by atoms with Gasteiger partial charge in [0.1, 0.15) is 0 Å². The summed E-state index contributed by atoms with van der Waals surface area (Å²) in [5.74, 6) is -0.311. The number of nitrogen functional groups attached to an aromatic ring is 1. The van der Waals surface area contributed by atoms with Crippen molar-refractivity contribution in [3.8, 4) is 0 Å². The van der Waals surface area contributed by atoms with E-state index in [9.17, 15) is 13.2 Å². The van der Waals surface area contributed by atoms with E-state index in [-0.39, 0.29) is 17.3 Å². The van der Waals surface area contributed by atoms with Crippen LogP contribution in [0, 0.1) is 13.8 Å². The number of rotatable bonds is 6. The molecule has 0 atom stereocenters. The van der Waals surface area contributed by atoms with Crippen LogP contribution in [0.2, 0.25) is 0 Å². The molecular formula is C14H23N3O3S.